The highest BCUT2D eigenvalue weighted by Gasteiger charge is 2.29. The van der Waals surface area contributed by atoms with Crippen molar-refractivity contribution >= 4 is 5.91 Å². The maximum absolute atomic E-state index is 12.7. The number of nitrogens with zero attached hydrogens (tertiary/aromatic N) is 3. The topological polar surface area (TPSA) is 88.2 Å². The number of pyridine rings is 1. The van der Waals surface area contributed by atoms with Crippen molar-refractivity contribution in [1.82, 2.24) is 19.9 Å². The van der Waals surface area contributed by atoms with Gasteiger partial charge in [0.1, 0.15) is 11.6 Å². The van der Waals surface area contributed by atoms with Gasteiger partial charge in [0, 0.05) is 43.0 Å². The Morgan fingerprint density at radius 2 is 2.00 bits per heavy atom. The van der Waals surface area contributed by atoms with Gasteiger partial charge >= 0.3 is 0 Å². The third-order valence-corrected chi connectivity index (χ3v) is 5.57. The monoisotopic (exact) mass is 418 g/mol. The lowest BCUT2D eigenvalue weighted by Gasteiger charge is -2.18. The fraction of sp³-hybridized carbons (Fsp3) is 0.333. The molecule has 0 radical (unpaired) electrons. The lowest BCUT2D eigenvalue weighted by atomic mass is 10.0. The normalized spacial score (nSPS) is 16.0. The minimum atomic E-state index is -0.199. The Balaban J connectivity index is 1.42. The summed E-state index contributed by atoms with van der Waals surface area (Å²) in [4.78, 5) is 38.1. The molecule has 1 saturated heterocycles. The summed E-state index contributed by atoms with van der Waals surface area (Å²) in [6.45, 7) is 5.35. The van der Waals surface area contributed by atoms with Crippen molar-refractivity contribution in [3.8, 4) is 17.1 Å². The Morgan fingerprint density at radius 3 is 2.77 bits per heavy atom. The lowest BCUT2D eigenvalue weighted by molar-refractivity contribution is -0.132. The second-order valence-electron chi connectivity index (χ2n) is 8.06. The van der Waals surface area contributed by atoms with Crippen LogP contribution in [0.3, 0.4) is 0 Å². The Morgan fingerprint density at radius 1 is 1.23 bits per heavy atom. The van der Waals surface area contributed by atoms with Gasteiger partial charge in [0.05, 0.1) is 5.69 Å². The Labute approximate surface area is 181 Å². The standard InChI is InChI=1S/C24H26N4O3/c1-16(2)19-5-3-4-6-21(19)31-15-23(30)28-12-9-18(14-28)20-13-22(29)27-24(26-20)17-7-10-25-11-8-17/h3-8,10-11,13,16,18H,9,12,14-15H2,1-2H3,(H,26,27,29). The molecule has 7 nitrogen and oxygen atoms in total. The Kier molecular flexibility index (Phi) is 6.11. The molecule has 4 rings (SSSR count). The molecule has 1 atom stereocenters. The summed E-state index contributed by atoms with van der Waals surface area (Å²) in [6, 6.07) is 12.9. The summed E-state index contributed by atoms with van der Waals surface area (Å²) in [5.74, 6) is 1.55. The van der Waals surface area contributed by atoms with E-state index < -0.39 is 0 Å². The van der Waals surface area contributed by atoms with E-state index in [1.54, 1.807) is 29.4 Å². The molecule has 1 N–H and O–H groups in total. The molecule has 0 bridgehead atoms. The quantitative estimate of drug-likeness (QED) is 0.663. The van der Waals surface area contributed by atoms with Crippen molar-refractivity contribution in [3.63, 3.8) is 0 Å². The molecule has 1 aliphatic rings. The molecule has 160 valence electrons. The van der Waals surface area contributed by atoms with Crippen LogP contribution in [0.25, 0.3) is 11.4 Å². The fourth-order valence-corrected chi connectivity index (χ4v) is 3.88. The van der Waals surface area contributed by atoms with E-state index in [4.69, 9.17) is 4.74 Å². The van der Waals surface area contributed by atoms with Gasteiger partial charge in [-0.3, -0.25) is 14.6 Å². The number of amides is 1. The zero-order valence-electron chi connectivity index (χ0n) is 17.7. The number of H-pyrrole nitrogens is 1. The molecule has 1 amide bonds. The largest absolute Gasteiger partial charge is 0.483 e. The third kappa shape index (κ3) is 4.82. The Hall–Kier alpha value is -3.48. The average Bonchev–Trinajstić information content (AvgIpc) is 3.28. The number of aromatic nitrogens is 3. The predicted molar refractivity (Wildman–Crippen MR) is 118 cm³/mol. The lowest BCUT2D eigenvalue weighted by Crippen LogP contribution is -2.33. The summed E-state index contributed by atoms with van der Waals surface area (Å²) in [6.07, 6.45) is 4.09. The van der Waals surface area contributed by atoms with Gasteiger partial charge in [-0.05, 0) is 36.1 Å². The number of hydrogen-bond donors (Lipinski definition) is 1. The molecule has 1 unspecified atom stereocenters. The molecular weight excluding hydrogens is 392 g/mol. The van der Waals surface area contributed by atoms with Crippen LogP contribution in [0, 0.1) is 0 Å². The molecule has 3 aromatic rings. The number of para-hydroxylation sites is 1. The number of hydrogen-bond acceptors (Lipinski definition) is 5. The number of nitrogens with one attached hydrogen (secondary N) is 1. The molecule has 1 aliphatic heterocycles. The third-order valence-electron chi connectivity index (χ3n) is 5.57. The summed E-state index contributed by atoms with van der Waals surface area (Å²) >= 11 is 0. The molecule has 3 heterocycles. The molecule has 2 aromatic heterocycles. The van der Waals surface area contributed by atoms with Gasteiger partial charge in [0.25, 0.3) is 11.5 Å². The zero-order chi connectivity index (χ0) is 21.8. The molecule has 0 aliphatic carbocycles. The molecule has 31 heavy (non-hydrogen) atoms. The number of carbonyl (C=O) groups excluding carboxylic acids is 1. The van der Waals surface area contributed by atoms with Crippen molar-refractivity contribution in [2.75, 3.05) is 19.7 Å². The van der Waals surface area contributed by atoms with Gasteiger partial charge in [-0.1, -0.05) is 32.0 Å². The van der Waals surface area contributed by atoms with Crippen molar-refractivity contribution < 1.29 is 9.53 Å². The van der Waals surface area contributed by atoms with Gasteiger partial charge in [0.2, 0.25) is 0 Å². The van der Waals surface area contributed by atoms with E-state index in [0.717, 1.165) is 23.3 Å². The summed E-state index contributed by atoms with van der Waals surface area (Å²) in [5, 5.41) is 0. The van der Waals surface area contributed by atoms with Crippen LogP contribution >= 0.6 is 0 Å². The smallest absolute Gasteiger partial charge is 0.260 e. The number of ether oxygens (including phenoxy) is 1. The highest BCUT2D eigenvalue weighted by molar-refractivity contribution is 5.78. The molecule has 1 fully saturated rings. The van der Waals surface area contributed by atoms with E-state index in [0.29, 0.717) is 30.5 Å². The average molecular weight is 418 g/mol. The van der Waals surface area contributed by atoms with Gasteiger partial charge < -0.3 is 14.6 Å². The maximum Gasteiger partial charge on any atom is 0.260 e. The van der Waals surface area contributed by atoms with Crippen LogP contribution in [-0.4, -0.2) is 45.5 Å². The van der Waals surface area contributed by atoms with E-state index in [2.05, 4.69) is 28.8 Å². The van der Waals surface area contributed by atoms with Crippen molar-refractivity contribution in [2.45, 2.75) is 32.1 Å². The summed E-state index contributed by atoms with van der Waals surface area (Å²) in [7, 11) is 0. The van der Waals surface area contributed by atoms with Crippen LogP contribution in [-0.2, 0) is 4.79 Å². The van der Waals surface area contributed by atoms with E-state index in [1.165, 1.54) is 6.07 Å². The number of likely N-dealkylation sites (tertiary alicyclic amines) is 1. The molecule has 0 spiro atoms. The summed E-state index contributed by atoms with van der Waals surface area (Å²) < 4.78 is 5.84. The first kappa shape index (κ1) is 20.8. The second kappa shape index (κ2) is 9.12. The highest BCUT2D eigenvalue weighted by atomic mass is 16.5. The highest BCUT2D eigenvalue weighted by Crippen LogP contribution is 2.28. The first-order chi connectivity index (χ1) is 15.0. The van der Waals surface area contributed by atoms with Crippen LogP contribution in [0.15, 0.2) is 59.7 Å². The molecule has 0 saturated carbocycles. The minimum Gasteiger partial charge on any atom is -0.483 e. The van der Waals surface area contributed by atoms with E-state index in [1.807, 2.05) is 24.3 Å². The number of carbonyl (C=O) groups is 1. The van der Waals surface area contributed by atoms with Gasteiger partial charge in [-0.15, -0.1) is 0 Å². The maximum atomic E-state index is 12.7. The zero-order valence-corrected chi connectivity index (χ0v) is 17.7. The van der Waals surface area contributed by atoms with Crippen molar-refractivity contribution in [1.29, 1.82) is 0 Å². The number of rotatable bonds is 6. The van der Waals surface area contributed by atoms with Crippen LogP contribution < -0.4 is 10.3 Å². The SMILES string of the molecule is CC(C)c1ccccc1OCC(=O)N1CCC(c2cc(=O)[nH]c(-c3ccncc3)n2)C1. The van der Waals surface area contributed by atoms with E-state index >= 15 is 0 Å². The molecule has 7 heteroatoms. The number of benzene rings is 1. The molecule has 1 aromatic carbocycles. The van der Waals surface area contributed by atoms with Gasteiger partial charge in [-0.25, -0.2) is 4.98 Å². The van der Waals surface area contributed by atoms with Crippen LogP contribution in [0.1, 0.15) is 43.4 Å². The van der Waals surface area contributed by atoms with E-state index in [-0.39, 0.29) is 24.0 Å². The van der Waals surface area contributed by atoms with Crippen LogP contribution in [0.4, 0.5) is 0 Å². The molecular formula is C24H26N4O3. The van der Waals surface area contributed by atoms with Crippen molar-refractivity contribution in [2.24, 2.45) is 0 Å². The second-order valence-corrected chi connectivity index (χ2v) is 8.06. The van der Waals surface area contributed by atoms with Gasteiger partial charge in [-0.2, -0.15) is 0 Å². The predicted octanol–water partition coefficient (Wildman–Crippen LogP) is 3.35. The van der Waals surface area contributed by atoms with Crippen molar-refractivity contribution in [3.05, 3.63) is 76.5 Å². The fourth-order valence-electron chi connectivity index (χ4n) is 3.88. The number of aromatic amines is 1. The minimum absolute atomic E-state index is 0.00151. The summed E-state index contributed by atoms with van der Waals surface area (Å²) in [5.41, 5.74) is 2.40. The first-order valence-corrected chi connectivity index (χ1v) is 10.5. The first-order valence-electron chi connectivity index (χ1n) is 10.5. The Bertz CT molecular complexity index is 1110. The van der Waals surface area contributed by atoms with Gasteiger partial charge in [0.15, 0.2) is 6.61 Å². The van der Waals surface area contributed by atoms with E-state index in [9.17, 15) is 9.59 Å². The van der Waals surface area contributed by atoms with Crippen LogP contribution in [0.2, 0.25) is 0 Å². The van der Waals surface area contributed by atoms with Crippen LogP contribution in [0.5, 0.6) is 5.75 Å².